The third-order valence-corrected chi connectivity index (χ3v) is 3.30. The lowest BCUT2D eigenvalue weighted by Crippen LogP contribution is -2.14. The number of hydrogen-bond donors (Lipinski definition) is 1. The standard InChI is InChI=1S/C17H16N2O3/c1-11-18-14-9-12(7-8-16(14)22-11)10-17(20)19-13-5-3-4-6-15(13)21-2/h3-9H,10H2,1-2H3,(H,19,20). The second-order valence-electron chi connectivity index (χ2n) is 4.96. The first-order valence-electron chi connectivity index (χ1n) is 6.94. The predicted octanol–water partition coefficient (Wildman–Crippen LogP) is 3.33. The molecular weight excluding hydrogens is 280 g/mol. The number of oxazole rings is 1. The van der Waals surface area contributed by atoms with E-state index in [0.29, 0.717) is 17.3 Å². The number of ether oxygens (including phenoxy) is 1. The lowest BCUT2D eigenvalue weighted by Gasteiger charge is -2.09. The second-order valence-corrected chi connectivity index (χ2v) is 4.96. The van der Waals surface area contributed by atoms with Gasteiger partial charge in [-0.05, 0) is 29.8 Å². The Bertz CT molecular complexity index is 824. The molecule has 0 aliphatic rings. The summed E-state index contributed by atoms with van der Waals surface area (Å²) in [4.78, 5) is 16.5. The quantitative estimate of drug-likeness (QED) is 0.802. The summed E-state index contributed by atoms with van der Waals surface area (Å²) in [7, 11) is 1.58. The van der Waals surface area contributed by atoms with Crippen molar-refractivity contribution in [1.82, 2.24) is 4.98 Å². The number of carbonyl (C=O) groups is 1. The van der Waals surface area contributed by atoms with E-state index in [1.54, 1.807) is 26.2 Å². The molecule has 0 radical (unpaired) electrons. The van der Waals surface area contributed by atoms with Gasteiger partial charge in [-0.1, -0.05) is 18.2 Å². The van der Waals surface area contributed by atoms with Gasteiger partial charge in [-0.15, -0.1) is 0 Å². The summed E-state index contributed by atoms with van der Waals surface area (Å²) in [6, 6.07) is 12.9. The molecule has 112 valence electrons. The summed E-state index contributed by atoms with van der Waals surface area (Å²) < 4.78 is 10.6. The van der Waals surface area contributed by atoms with Crippen molar-refractivity contribution in [2.45, 2.75) is 13.3 Å². The first-order valence-corrected chi connectivity index (χ1v) is 6.94. The number of carbonyl (C=O) groups excluding carboxylic acids is 1. The molecule has 1 aromatic heterocycles. The normalized spacial score (nSPS) is 10.6. The molecule has 0 aliphatic carbocycles. The van der Waals surface area contributed by atoms with Gasteiger partial charge in [0.15, 0.2) is 11.5 Å². The molecule has 0 saturated carbocycles. The Kier molecular flexibility index (Phi) is 3.78. The molecule has 0 saturated heterocycles. The molecule has 22 heavy (non-hydrogen) atoms. The summed E-state index contributed by atoms with van der Waals surface area (Å²) in [6.45, 7) is 1.80. The zero-order valence-electron chi connectivity index (χ0n) is 12.4. The van der Waals surface area contributed by atoms with Crippen LogP contribution >= 0.6 is 0 Å². The lowest BCUT2D eigenvalue weighted by atomic mass is 10.1. The number of aryl methyl sites for hydroxylation is 1. The maximum Gasteiger partial charge on any atom is 0.228 e. The summed E-state index contributed by atoms with van der Waals surface area (Å²) in [5, 5.41) is 2.86. The highest BCUT2D eigenvalue weighted by molar-refractivity contribution is 5.94. The van der Waals surface area contributed by atoms with Gasteiger partial charge in [0, 0.05) is 6.92 Å². The molecule has 1 N–H and O–H groups in total. The van der Waals surface area contributed by atoms with Crippen molar-refractivity contribution in [3.8, 4) is 5.75 Å². The Morgan fingerprint density at radius 2 is 2.09 bits per heavy atom. The number of hydrogen-bond acceptors (Lipinski definition) is 4. The number of aromatic nitrogens is 1. The molecule has 1 amide bonds. The minimum atomic E-state index is -0.107. The molecule has 3 aromatic rings. The second kappa shape index (κ2) is 5.89. The van der Waals surface area contributed by atoms with E-state index in [4.69, 9.17) is 9.15 Å². The van der Waals surface area contributed by atoms with E-state index in [2.05, 4.69) is 10.3 Å². The predicted molar refractivity (Wildman–Crippen MR) is 84.1 cm³/mol. The van der Waals surface area contributed by atoms with Crippen LogP contribution in [0.15, 0.2) is 46.9 Å². The van der Waals surface area contributed by atoms with Crippen molar-refractivity contribution in [1.29, 1.82) is 0 Å². The van der Waals surface area contributed by atoms with E-state index in [-0.39, 0.29) is 12.3 Å². The van der Waals surface area contributed by atoms with E-state index < -0.39 is 0 Å². The fourth-order valence-electron chi connectivity index (χ4n) is 2.33. The molecule has 0 unspecified atom stereocenters. The van der Waals surface area contributed by atoms with Crippen LogP contribution in [0.1, 0.15) is 11.5 Å². The Labute approximate surface area is 127 Å². The molecule has 0 fully saturated rings. The van der Waals surface area contributed by atoms with Crippen molar-refractivity contribution in [3.05, 3.63) is 53.9 Å². The highest BCUT2D eigenvalue weighted by Crippen LogP contribution is 2.23. The SMILES string of the molecule is COc1ccccc1NC(=O)Cc1ccc2oc(C)nc2c1. The van der Waals surface area contributed by atoms with Gasteiger partial charge in [0.25, 0.3) is 0 Å². The molecule has 1 heterocycles. The van der Waals surface area contributed by atoms with Crippen LogP contribution in [0.4, 0.5) is 5.69 Å². The molecule has 5 nitrogen and oxygen atoms in total. The summed E-state index contributed by atoms with van der Waals surface area (Å²) >= 11 is 0. The maximum atomic E-state index is 12.2. The van der Waals surface area contributed by atoms with Gasteiger partial charge in [0.05, 0.1) is 19.2 Å². The van der Waals surface area contributed by atoms with Crippen LogP contribution in [-0.2, 0) is 11.2 Å². The zero-order chi connectivity index (χ0) is 15.5. The Hall–Kier alpha value is -2.82. The Morgan fingerprint density at radius 1 is 1.27 bits per heavy atom. The van der Waals surface area contributed by atoms with Gasteiger partial charge < -0.3 is 14.5 Å². The van der Waals surface area contributed by atoms with Crippen LogP contribution in [0.5, 0.6) is 5.75 Å². The first-order chi connectivity index (χ1) is 10.7. The van der Waals surface area contributed by atoms with Crippen molar-refractivity contribution in [2.24, 2.45) is 0 Å². The monoisotopic (exact) mass is 296 g/mol. The van der Waals surface area contributed by atoms with Gasteiger partial charge in [-0.3, -0.25) is 4.79 Å². The van der Waals surface area contributed by atoms with E-state index in [0.717, 1.165) is 16.7 Å². The fraction of sp³-hybridized carbons (Fsp3) is 0.176. The number of nitrogens with zero attached hydrogens (tertiary/aromatic N) is 1. The van der Waals surface area contributed by atoms with E-state index >= 15 is 0 Å². The average Bonchev–Trinajstić information content (AvgIpc) is 2.87. The number of methoxy groups -OCH3 is 1. The molecule has 0 aliphatic heterocycles. The lowest BCUT2D eigenvalue weighted by molar-refractivity contribution is -0.115. The van der Waals surface area contributed by atoms with Gasteiger partial charge in [-0.25, -0.2) is 4.98 Å². The Morgan fingerprint density at radius 3 is 2.91 bits per heavy atom. The Balaban J connectivity index is 1.75. The molecule has 2 aromatic carbocycles. The van der Waals surface area contributed by atoms with Crippen LogP contribution < -0.4 is 10.1 Å². The van der Waals surface area contributed by atoms with Crippen LogP contribution in [0.25, 0.3) is 11.1 Å². The third kappa shape index (κ3) is 2.93. The van der Waals surface area contributed by atoms with Crippen molar-refractivity contribution in [3.63, 3.8) is 0 Å². The number of anilines is 1. The minimum Gasteiger partial charge on any atom is -0.495 e. The highest BCUT2D eigenvalue weighted by atomic mass is 16.5. The zero-order valence-corrected chi connectivity index (χ0v) is 12.4. The van der Waals surface area contributed by atoms with Crippen molar-refractivity contribution in [2.75, 3.05) is 12.4 Å². The van der Waals surface area contributed by atoms with Crippen LogP contribution in [0.3, 0.4) is 0 Å². The summed E-state index contributed by atoms with van der Waals surface area (Å²) in [5.74, 6) is 1.15. The van der Waals surface area contributed by atoms with Gasteiger partial charge in [0.1, 0.15) is 11.3 Å². The first kappa shape index (κ1) is 14.1. The fourth-order valence-corrected chi connectivity index (χ4v) is 2.33. The largest absolute Gasteiger partial charge is 0.495 e. The summed E-state index contributed by atoms with van der Waals surface area (Å²) in [6.07, 6.45) is 0.264. The number of nitrogens with one attached hydrogen (secondary N) is 1. The van der Waals surface area contributed by atoms with Gasteiger partial charge in [0.2, 0.25) is 5.91 Å². The van der Waals surface area contributed by atoms with Gasteiger partial charge in [-0.2, -0.15) is 0 Å². The third-order valence-electron chi connectivity index (χ3n) is 3.30. The molecule has 0 bridgehead atoms. The van der Waals surface area contributed by atoms with E-state index in [1.165, 1.54) is 0 Å². The number of fused-ring (bicyclic) bond motifs is 1. The van der Waals surface area contributed by atoms with Crippen LogP contribution in [-0.4, -0.2) is 18.0 Å². The average molecular weight is 296 g/mol. The van der Waals surface area contributed by atoms with Crippen molar-refractivity contribution >= 4 is 22.7 Å². The highest BCUT2D eigenvalue weighted by Gasteiger charge is 2.09. The smallest absolute Gasteiger partial charge is 0.228 e. The minimum absolute atomic E-state index is 0.107. The van der Waals surface area contributed by atoms with E-state index in [9.17, 15) is 4.79 Å². The van der Waals surface area contributed by atoms with Crippen LogP contribution in [0, 0.1) is 6.92 Å². The molecule has 0 spiro atoms. The molecular formula is C17H16N2O3. The number of benzene rings is 2. The van der Waals surface area contributed by atoms with E-state index in [1.807, 2.05) is 30.3 Å². The van der Waals surface area contributed by atoms with Gasteiger partial charge >= 0.3 is 0 Å². The summed E-state index contributed by atoms with van der Waals surface area (Å²) in [5.41, 5.74) is 3.04. The van der Waals surface area contributed by atoms with Crippen molar-refractivity contribution < 1.29 is 13.9 Å². The number of rotatable bonds is 4. The molecule has 0 atom stereocenters. The molecule has 3 rings (SSSR count). The number of amides is 1. The topological polar surface area (TPSA) is 64.4 Å². The molecule has 5 heteroatoms. The number of para-hydroxylation sites is 2. The maximum absolute atomic E-state index is 12.2. The van der Waals surface area contributed by atoms with Crippen LogP contribution in [0.2, 0.25) is 0 Å².